The Hall–Kier alpha value is -1.62. The molecule has 1 aliphatic rings. The minimum Gasteiger partial charge on any atom is -0.366 e. The van der Waals surface area contributed by atoms with E-state index in [0.717, 1.165) is 25.3 Å². The van der Waals surface area contributed by atoms with Gasteiger partial charge < -0.3 is 16.0 Å². The number of carbonyl (C=O) groups excluding carboxylic acids is 1. The van der Waals surface area contributed by atoms with E-state index in [1.54, 1.807) is 6.07 Å². The van der Waals surface area contributed by atoms with Crippen LogP contribution in [0.2, 0.25) is 0 Å². The van der Waals surface area contributed by atoms with Gasteiger partial charge in [0.05, 0.1) is 5.56 Å². The number of nitrogens with two attached hydrogens (primary N) is 1. The Balaban J connectivity index is 1.94. The van der Waals surface area contributed by atoms with E-state index in [2.05, 4.69) is 22.1 Å². The lowest BCUT2D eigenvalue weighted by Crippen LogP contribution is -2.41. The third-order valence-electron chi connectivity index (χ3n) is 3.35. The van der Waals surface area contributed by atoms with Crippen molar-refractivity contribution in [1.29, 1.82) is 0 Å². The van der Waals surface area contributed by atoms with Crippen molar-refractivity contribution in [2.75, 3.05) is 25.0 Å². The Morgan fingerprint density at radius 3 is 3.06 bits per heavy atom. The van der Waals surface area contributed by atoms with Crippen molar-refractivity contribution < 1.29 is 4.79 Å². The molecule has 1 aliphatic heterocycles. The second-order valence-corrected chi connectivity index (χ2v) is 4.67. The first kappa shape index (κ1) is 12.8. The van der Waals surface area contributed by atoms with Crippen LogP contribution in [-0.2, 0) is 0 Å². The Morgan fingerprint density at radius 1 is 1.61 bits per heavy atom. The van der Waals surface area contributed by atoms with E-state index in [-0.39, 0.29) is 0 Å². The predicted molar refractivity (Wildman–Crippen MR) is 71.5 cm³/mol. The van der Waals surface area contributed by atoms with Crippen LogP contribution >= 0.6 is 0 Å². The molecule has 2 rings (SSSR count). The molecule has 2 heterocycles. The van der Waals surface area contributed by atoms with E-state index in [1.165, 1.54) is 19.2 Å². The van der Waals surface area contributed by atoms with Crippen molar-refractivity contribution in [3.63, 3.8) is 0 Å². The number of pyridine rings is 1. The fourth-order valence-corrected chi connectivity index (χ4v) is 2.29. The van der Waals surface area contributed by atoms with Crippen molar-refractivity contribution in [2.45, 2.75) is 25.8 Å². The molecule has 0 bridgehead atoms. The number of likely N-dealkylation sites (tertiary alicyclic amines) is 1. The van der Waals surface area contributed by atoms with Crippen molar-refractivity contribution in [2.24, 2.45) is 5.73 Å². The molecule has 0 spiro atoms. The fourth-order valence-electron chi connectivity index (χ4n) is 2.29. The molecule has 1 atom stereocenters. The molecule has 5 nitrogen and oxygen atoms in total. The number of carbonyl (C=O) groups is 1. The second kappa shape index (κ2) is 5.82. The van der Waals surface area contributed by atoms with E-state index >= 15 is 0 Å². The summed E-state index contributed by atoms with van der Waals surface area (Å²) in [6, 6.07) is 3.95. The summed E-state index contributed by atoms with van der Waals surface area (Å²) in [4.78, 5) is 17.6. The summed E-state index contributed by atoms with van der Waals surface area (Å²) < 4.78 is 0. The summed E-state index contributed by atoms with van der Waals surface area (Å²) in [6.45, 7) is 5.51. The minimum atomic E-state index is -0.441. The van der Waals surface area contributed by atoms with Crippen molar-refractivity contribution >= 4 is 11.7 Å². The van der Waals surface area contributed by atoms with Gasteiger partial charge in [-0.2, -0.15) is 0 Å². The fraction of sp³-hybridized carbons (Fsp3) is 0.538. The van der Waals surface area contributed by atoms with Crippen LogP contribution in [0.4, 0.5) is 5.82 Å². The van der Waals surface area contributed by atoms with Crippen LogP contribution in [0, 0.1) is 0 Å². The number of nitrogens with zero attached hydrogens (tertiary/aromatic N) is 2. The first-order valence-electron chi connectivity index (χ1n) is 6.43. The van der Waals surface area contributed by atoms with E-state index < -0.39 is 5.91 Å². The molecule has 0 aromatic carbocycles. The van der Waals surface area contributed by atoms with Crippen LogP contribution < -0.4 is 11.1 Å². The molecule has 18 heavy (non-hydrogen) atoms. The van der Waals surface area contributed by atoms with E-state index in [1.807, 2.05) is 6.07 Å². The molecule has 0 aliphatic carbocycles. The third kappa shape index (κ3) is 3.20. The molecule has 98 valence electrons. The van der Waals surface area contributed by atoms with Crippen LogP contribution in [-0.4, -0.2) is 41.5 Å². The number of hydrogen-bond acceptors (Lipinski definition) is 4. The van der Waals surface area contributed by atoms with Gasteiger partial charge in [0.25, 0.3) is 0 Å². The quantitative estimate of drug-likeness (QED) is 0.836. The van der Waals surface area contributed by atoms with Gasteiger partial charge in [0, 0.05) is 18.8 Å². The summed E-state index contributed by atoms with van der Waals surface area (Å²) in [6.07, 6.45) is 3.89. The highest BCUT2D eigenvalue weighted by Gasteiger charge is 2.18. The SMILES string of the molecule is CCN1CCCC(Nc2ccc(C(N)=O)cn2)C1. The van der Waals surface area contributed by atoms with Gasteiger partial charge in [0.2, 0.25) is 5.91 Å². The number of hydrogen-bond donors (Lipinski definition) is 2. The average molecular weight is 248 g/mol. The molecular weight excluding hydrogens is 228 g/mol. The van der Waals surface area contributed by atoms with Gasteiger partial charge in [-0.25, -0.2) is 4.98 Å². The summed E-state index contributed by atoms with van der Waals surface area (Å²) in [5.41, 5.74) is 5.62. The van der Waals surface area contributed by atoms with Gasteiger partial charge in [0.15, 0.2) is 0 Å². The van der Waals surface area contributed by atoms with Crippen molar-refractivity contribution in [3.05, 3.63) is 23.9 Å². The number of rotatable bonds is 4. The summed E-state index contributed by atoms with van der Waals surface area (Å²) in [5, 5.41) is 3.41. The zero-order valence-corrected chi connectivity index (χ0v) is 10.7. The van der Waals surface area contributed by atoms with Gasteiger partial charge in [-0.1, -0.05) is 6.92 Å². The van der Waals surface area contributed by atoms with Crippen molar-refractivity contribution in [3.8, 4) is 0 Å². The molecular formula is C13H20N4O. The highest BCUT2D eigenvalue weighted by molar-refractivity contribution is 5.92. The molecule has 1 saturated heterocycles. The second-order valence-electron chi connectivity index (χ2n) is 4.67. The predicted octanol–water partition coefficient (Wildman–Crippen LogP) is 1.08. The van der Waals surface area contributed by atoms with Gasteiger partial charge in [-0.3, -0.25) is 4.79 Å². The molecule has 1 unspecified atom stereocenters. The first-order chi connectivity index (χ1) is 8.69. The Labute approximate surface area is 107 Å². The van der Waals surface area contributed by atoms with Crippen LogP contribution in [0.3, 0.4) is 0 Å². The third-order valence-corrected chi connectivity index (χ3v) is 3.35. The monoisotopic (exact) mass is 248 g/mol. The van der Waals surface area contributed by atoms with Gasteiger partial charge >= 0.3 is 0 Å². The normalized spacial score (nSPS) is 20.6. The minimum absolute atomic E-state index is 0.436. The number of piperidine rings is 1. The van der Waals surface area contributed by atoms with Gasteiger partial charge in [-0.15, -0.1) is 0 Å². The van der Waals surface area contributed by atoms with E-state index in [9.17, 15) is 4.79 Å². The lowest BCUT2D eigenvalue weighted by molar-refractivity contribution is 0.1000. The molecule has 0 saturated carbocycles. The number of nitrogens with one attached hydrogen (secondary N) is 1. The van der Waals surface area contributed by atoms with Crippen LogP contribution in [0.1, 0.15) is 30.1 Å². The summed E-state index contributed by atoms with van der Waals surface area (Å²) in [7, 11) is 0. The molecule has 5 heteroatoms. The number of anilines is 1. The first-order valence-corrected chi connectivity index (χ1v) is 6.43. The number of aromatic nitrogens is 1. The largest absolute Gasteiger partial charge is 0.366 e. The van der Waals surface area contributed by atoms with Crippen LogP contribution in [0.5, 0.6) is 0 Å². The maximum absolute atomic E-state index is 10.9. The van der Waals surface area contributed by atoms with Gasteiger partial charge in [-0.05, 0) is 38.1 Å². The van der Waals surface area contributed by atoms with E-state index in [4.69, 9.17) is 5.73 Å². The molecule has 1 aromatic rings. The highest BCUT2D eigenvalue weighted by atomic mass is 16.1. The maximum Gasteiger partial charge on any atom is 0.250 e. The molecule has 0 radical (unpaired) electrons. The molecule has 3 N–H and O–H groups in total. The standard InChI is InChI=1S/C13H20N4O/c1-2-17-7-3-4-11(9-17)16-12-6-5-10(8-15-12)13(14)18/h5-6,8,11H,2-4,7,9H2,1H3,(H2,14,18)(H,15,16). The molecule has 1 fully saturated rings. The molecule has 1 aromatic heterocycles. The van der Waals surface area contributed by atoms with E-state index in [0.29, 0.717) is 11.6 Å². The number of primary amides is 1. The Kier molecular flexibility index (Phi) is 4.15. The Morgan fingerprint density at radius 2 is 2.44 bits per heavy atom. The number of likely N-dealkylation sites (N-methyl/N-ethyl adjacent to an activating group) is 1. The van der Waals surface area contributed by atoms with Gasteiger partial charge in [0.1, 0.15) is 5.82 Å². The zero-order chi connectivity index (χ0) is 13.0. The van der Waals surface area contributed by atoms with Crippen LogP contribution in [0.15, 0.2) is 18.3 Å². The maximum atomic E-state index is 10.9. The molecule has 1 amide bonds. The number of amides is 1. The summed E-state index contributed by atoms with van der Waals surface area (Å²) in [5.74, 6) is 0.367. The van der Waals surface area contributed by atoms with Crippen LogP contribution in [0.25, 0.3) is 0 Å². The highest BCUT2D eigenvalue weighted by Crippen LogP contribution is 2.14. The summed E-state index contributed by atoms with van der Waals surface area (Å²) >= 11 is 0. The zero-order valence-electron chi connectivity index (χ0n) is 10.7. The lowest BCUT2D eigenvalue weighted by atomic mass is 10.1. The topological polar surface area (TPSA) is 71.2 Å². The van der Waals surface area contributed by atoms with Crippen molar-refractivity contribution in [1.82, 2.24) is 9.88 Å². The Bertz CT molecular complexity index is 404. The average Bonchev–Trinajstić information content (AvgIpc) is 2.39. The smallest absolute Gasteiger partial charge is 0.250 e. The lowest BCUT2D eigenvalue weighted by Gasteiger charge is -2.32.